The maximum Gasteiger partial charge on any atom is 0.0351 e. The molecule has 0 amide bonds. The Morgan fingerprint density at radius 1 is 0.810 bits per heavy atom. The molecule has 4 aliphatic rings. The highest BCUT2D eigenvalue weighted by atomic mass is 15.4. The number of nitrogens with zero attached hydrogens (tertiary/aromatic N) is 3. The summed E-state index contributed by atoms with van der Waals surface area (Å²) in [6, 6.07) is 1.79. The van der Waals surface area contributed by atoms with E-state index < -0.39 is 0 Å². The van der Waals surface area contributed by atoms with Crippen LogP contribution in [0.25, 0.3) is 0 Å². The molecule has 1 spiro atoms. The molecule has 0 aromatic heterocycles. The highest BCUT2D eigenvalue weighted by Crippen LogP contribution is 2.47. The molecule has 0 atom stereocenters. The molecule has 0 bridgehead atoms. The summed E-state index contributed by atoms with van der Waals surface area (Å²) in [6.07, 6.45) is 8.78. The van der Waals surface area contributed by atoms with Gasteiger partial charge in [0, 0.05) is 38.3 Å². The fraction of sp³-hybridized carbons (Fsp3) is 1.00. The molecule has 1 saturated carbocycles. The average Bonchev–Trinajstić information content (AvgIpc) is 2.39. The van der Waals surface area contributed by atoms with Crippen molar-refractivity contribution in [3.05, 3.63) is 0 Å². The molecular weight excluding hydrogens is 258 g/mol. The third-order valence-corrected chi connectivity index (χ3v) is 7.02. The van der Waals surface area contributed by atoms with E-state index in [1.165, 1.54) is 77.8 Å². The highest BCUT2D eigenvalue weighted by molar-refractivity contribution is 5.04. The minimum Gasteiger partial charge on any atom is -0.306 e. The second kappa shape index (κ2) is 5.50. The Morgan fingerprint density at radius 2 is 1.43 bits per heavy atom. The predicted molar refractivity (Wildman–Crippen MR) is 87.5 cm³/mol. The maximum atomic E-state index is 2.81. The number of hydrogen-bond acceptors (Lipinski definition) is 3. The van der Waals surface area contributed by atoms with E-state index in [2.05, 4.69) is 28.7 Å². The lowest BCUT2D eigenvalue weighted by atomic mass is 9.65. The van der Waals surface area contributed by atoms with Gasteiger partial charge >= 0.3 is 0 Å². The van der Waals surface area contributed by atoms with Crippen molar-refractivity contribution in [3.63, 3.8) is 0 Å². The van der Waals surface area contributed by atoms with Gasteiger partial charge in [-0.2, -0.15) is 0 Å². The van der Waals surface area contributed by atoms with Crippen LogP contribution in [0.2, 0.25) is 0 Å². The van der Waals surface area contributed by atoms with E-state index in [1.807, 2.05) is 0 Å². The van der Waals surface area contributed by atoms with Gasteiger partial charge in [0.1, 0.15) is 0 Å². The van der Waals surface area contributed by atoms with E-state index in [0.717, 1.165) is 23.4 Å². The highest BCUT2D eigenvalue weighted by Gasteiger charge is 2.49. The van der Waals surface area contributed by atoms with Gasteiger partial charge in [0.15, 0.2) is 0 Å². The first kappa shape index (κ1) is 14.5. The predicted octanol–water partition coefficient (Wildman–Crippen LogP) is 2.28. The molecule has 3 aliphatic heterocycles. The van der Waals surface area contributed by atoms with Crippen molar-refractivity contribution in [1.82, 2.24) is 14.7 Å². The molecule has 0 unspecified atom stereocenters. The zero-order valence-corrected chi connectivity index (χ0v) is 14.1. The molecule has 3 heteroatoms. The SMILES string of the molecule is CC1CCC2(CC1)CN(C1CN(C3CCN(C)CC3)C1)C2. The third-order valence-electron chi connectivity index (χ3n) is 7.02. The second-order valence-corrected chi connectivity index (χ2v) is 8.73. The van der Waals surface area contributed by atoms with Crippen LogP contribution in [-0.2, 0) is 0 Å². The number of likely N-dealkylation sites (tertiary alicyclic amines) is 3. The Bertz CT molecular complexity index is 353. The number of piperidine rings is 1. The number of rotatable bonds is 2. The Labute approximate surface area is 130 Å². The summed E-state index contributed by atoms with van der Waals surface area (Å²) in [6.45, 7) is 10.6. The fourth-order valence-electron chi connectivity index (χ4n) is 5.14. The van der Waals surface area contributed by atoms with Crippen LogP contribution >= 0.6 is 0 Å². The molecule has 0 radical (unpaired) electrons. The van der Waals surface area contributed by atoms with Gasteiger partial charge in [-0.25, -0.2) is 0 Å². The molecule has 0 aromatic carbocycles. The Kier molecular flexibility index (Phi) is 3.79. The molecule has 4 rings (SSSR count). The molecule has 0 aromatic rings. The third kappa shape index (κ3) is 2.77. The summed E-state index contributed by atoms with van der Waals surface area (Å²) in [5.74, 6) is 0.994. The molecule has 3 heterocycles. The molecule has 1 aliphatic carbocycles. The van der Waals surface area contributed by atoms with Gasteiger partial charge < -0.3 is 4.90 Å². The lowest BCUT2D eigenvalue weighted by molar-refractivity contribution is -0.111. The second-order valence-electron chi connectivity index (χ2n) is 8.73. The van der Waals surface area contributed by atoms with Crippen LogP contribution in [0.3, 0.4) is 0 Å². The zero-order valence-electron chi connectivity index (χ0n) is 14.1. The van der Waals surface area contributed by atoms with Gasteiger partial charge in [-0.05, 0) is 57.2 Å². The van der Waals surface area contributed by atoms with E-state index in [1.54, 1.807) is 0 Å². The summed E-state index contributed by atoms with van der Waals surface area (Å²) in [5, 5.41) is 0. The van der Waals surface area contributed by atoms with E-state index in [9.17, 15) is 0 Å². The van der Waals surface area contributed by atoms with Crippen LogP contribution in [0.15, 0.2) is 0 Å². The quantitative estimate of drug-likeness (QED) is 0.773. The van der Waals surface area contributed by atoms with Crippen LogP contribution in [-0.4, -0.2) is 73.1 Å². The zero-order chi connectivity index (χ0) is 14.4. The largest absolute Gasteiger partial charge is 0.306 e. The normalized spacial score (nSPS) is 34.0. The maximum absolute atomic E-state index is 2.81. The van der Waals surface area contributed by atoms with Gasteiger partial charge in [-0.1, -0.05) is 19.8 Å². The Hall–Kier alpha value is -0.120. The van der Waals surface area contributed by atoms with Crippen molar-refractivity contribution in [1.29, 1.82) is 0 Å². The van der Waals surface area contributed by atoms with Gasteiger partial charge in [-0.15, -0.1) is 0 Å². The summed E-state index contributed by atoms with van der Waals surface area (Å²) in [5.41, 5.74) is 0.750. The number of hydrogen-bond donors (Lipinski definition) is 0. The van der Waals surface area contributed by atoms with Crippen LogP contribution in [0.1, 0.15) is 45.4 Å². The van der Waals surface area contributed by atoms with Crippen molar-refractivity contribution in [2.75, 3.05) is 46.3 Å². The van der Waals surface area contributed by atoms with Crippen molar-refractivity contribution in [3.8, 4) is 0 Å². The lowest BCUT2D eigenvalue weighted by Crippen LogP contribution is -2.70. The van der Waals surface area contributed by atoms with Crippen molar-refractivity contribution in [2.45, 2.75) is 57.5 Å². The first-order valence-corrected chi connectivity index (χ1v) is 9.30. The summed E-state index contributed by atoms with van der Waals surface area (Å²) < 4.78 is 0. The summed E-state index contributed by atoms with van der Waals surface area (Å²) >= 11 is 0. The molecule has 21 heavy (non-hydrogen) atoms. The lowest BCUT2D eigenvalue weighted by Gasteiger charge is -2.60. The molecule has 0 N–H and O–H groups in total. The van der Waals surface area contributed by atoms with Crippen molar-refractivity contribution >= 4 is 0 Å². The first-order chi connectivity index (χ1) is 10.1. The molecule has 3 saturated heterocycles. The summed E-state index contributed by atoms with van der Waals surface area (Å²) in [7, 11) is 2.26. The van der Waals surface area contributed by atoms with Crippen LogP contribution < -0.4 is 0 Å². The van der Waals surface area contributed by atoms with Crippen molar-refractivity contribution < 1.29 is 0 Å². The molecule has 120 valence electrons. The molecule has 3 nitrogen and oxygen atoms in total. The minimum atomic E-state index is 0.750. The van der Waals surface area contributed by atoms with E-state index in [-0.39, 0.29) is 0 Å². The Morgan fingerprint density at radius 3 is 2.05 bits per heavy atom. The van der Waals surface area contributed by atoms with Gasteiger partial charge in [0.05, 0.1) is 0 Å². The van der Waals surface area contributed by atoms with Gasteiger partial charge in [0.25, 0.3) is 0 Å². The van der Waals surface area contributed by atoms with Crippen LogP contribution in [0.5, 0.6) is 0 Å². The van der Waals surface area contributed by atoms with Crippen molar-refractivity contribution in [2.24, 2.45) is 11.3 Å². The van der Waals surface area contributed by atoms with Crippen LogP contribution in [0, 0.1) is 11.3 Å². The van der Waals surface area contributed by atoms with Gasteiger partial charge in [0.2, 0.25) is 0 Å². The van der Waals surface area contributed by atoms with E-state index in [0.29, 0.717) is 0 Å². The standard InChI is InChI=1S/C18H33N3/c1-15-3-7-18(8-4-15)13-21(14-18)17-11-20(12-17)16-5-9-19(2)10-6-16/h15-17H,3-14H2,1-2H3. The summed E-state index contributed by atoms with van der Waals surface area (Å²) in [4.78, 5) is 8.06. The smallest absolute Gasteiger partial charge is 0.0351 e. The minimum absolute atomic E-state index is 0.750. The fourth-order valence-corrected chi connectivity index (χ4v) is 5.14. The average molecular weight is 291 g/mol. The van der Waals surface area contributed by atoms with Gasteiger partial charge in [-0.3, -0.25) is 9.80 Å². The van der Waals surface area contributed by atoms with E-state index >= 15 is 0 Å². The molecular formula is C18H33N3. The topological polar surface area (TPSA) is 9.72 Å². The Balaban J connectivity index is 1.20. The van der Waals surface area contributed by atoms with E-state index in [4.69, 9.17) is 0 Å². The van der Waals surface area contributed by atoms with Crippen LogP contribution in [0.4, 0.5) is 0 Å². The monoisotopic (exact) mass is 291 g/mol. The first-order valence-electron chi connectivity index (χ1n) is 9.30. The molecule has 4 fully saturated rings.